The SMILES string of the molecule is Cc1cccc(NC(=O)C(=O)NCCc2ccc(N3CCCCCC3)cc2)c1. The van der Waals surface area contributed by atoms with E-state index in [1.54, 1.807) is 6.07 Å². The monoisotopic (exact) mass is 379 g/mol. The molecule has 3 rings (SSSR count). The highest BCUT2D eigenvalue weighted by molar-refractivity contribution is 6.39. The van der Waals surface area contributed by atoms with Gasteiger partial charge in [-0.3, -0.25) is 9.59 Å². The van der Waals surface area contributed by atoms with Crippen LogP contribution in [0.1, 0.15) is 36.8 Å². The third-order valence-corrected chi connectivity index (χ3v) is 5.09. The van der Waals surface area contributed by atoms with Gasteiger partial charge in [0.15, 0.2) is 0 Å². The summed E-state index contributed by atoms with van der Waals surface area (Å²) in [5.74, 6) is -1.25. The second-order valence-electron chi connectivity index (χ2n) is 7.40. The molecular weight excluding hydrogens is 350 g/mol. The van der Waals surface area contributed by atoms with Crippen molar-refractivity contribution in [2.24, 2.45) is 0 Å². The van der Waals surface area contributed by atoms with Crippen molar-refractivity contribution in [3.8, 4) is 0 Å². The molecule has 5 heteroatoms. The van der Waals surface area contributed by atoms with Gasteiger partial charge in [0.2, 0.25) is 0 Å². The van der Waals surface area contributed by atoms with Crippen molar-refractivity contribution in [2.75, 3.05) is 29.9 Å². The summed E-state index contributed by atoms with van der Waals surface area (Å²) in [6, 6.07) is 15.9. The molecule has 2 N–H and O–H groups in total. The zero-order valence-electron chi connectivity index (χ0n) is 16.5. The fourth-order valence-corrected chi connectivity index (χ4v) is 3.51. The van der Waals surface area contributed by atoms with E-state index >= 15 is 0 Å². The van der Waals surface area contributed by atoms with Gasteiger partial charge in [-0.15, -0.1) is 0 Å². The number of anilines is 2. The van der Waals surface area contributed by atoms with Crippen LogP contribution >= 0.6 is 0 Å². The minimum absolute atomic E-state index is 0.434. The largest absolute Gasteiger partial charge is 0.372 e. The van der Waals surface area contributed by atoms with Gasteiger partial charge in [-0.1, -0.05) is 37.1 Å². The van der Waals surface area contributed by atoms with Crippen molar-refractivity contribution in [3.05, 3.63) is 59.7 Å². The minimum Gasteiger partial charge on any atom is -0.372 e. The maximum atomic E-state index is 12.0. The summed E-state index contributed by atoms with van der Waals surface area (Å²) in [7, 11) is 0. The van der Waals surface area contributed by atoms with Crippen LogP contribution < -0.4 is 15.5 Å². The molecule has 28 heavy (non-hydrogen) atoms. The number of aryl methyl sites for hydroxylation is 1. The molecule has 1 fully saturated rings. The second kappa shape index (κ2) is 9.93. The molecular formula is C23H29N3O2. The lowest BCUT2D eigenvalue weighted by atomic mass is 10.1. The Bertz CT molecular complexity index is 794. The summed E-state index contributed by atoms with van der Waals surface area (Å²) < 4.78 is 0. The second-order valence-corrected chi connectivity index (χ2v) is 7.40. The maximum Gasteiger partial charge on any atom is 0.313 e. The van der Waals surface area contributed by atoms with E-state index in [0.717, 1.165) is 24.2 Å². The van der Waals surface area contributed by atoms with Gasteiger partial charge in [0.1, 0.15) is 0 Å². The average Bonchev–Trinajstić information content (AvgIpc) is 2.98. The van der Waals surface area contributed by atoms with Crippen molar-refractivity contribution < 1.29 is 9.59 Å². The quantitative estimate of drug-likeness (QED) is 0.779. The molecule has 0 aliphatic carbocycles. The molecule has 0 unspecified atom stereocenters. The standard InChI is InChI=1S/C23H29N3O2/c1-18-7-6-8-20(17-18)25-23(28)22(27)24-14-13-19-9-11-21(12-10-19)26-15-4-2-3-5-16-26/h6-12,17H,2-5,13-16H2,1H3,(H,24,27)(H,25,28). The van der Waals surface area contributed by atoms with Gasteiger partial charge in [0.25, 0.3) is 0 Å². The van der Waals surface area contributed by atoms with Crippen LogP contribution in [0.15, 0.2) is 48.5 Å². The van der Waals surface area contributed by atoms with Gasteiger partial charge in [-0.05, 0) is 61.6 Å². The molecule has 0 atom stereocenters. The summed E-state index contributed by atoms with van der Waals surface area (Å²) in [6.45, 7) is 4.63. The summed E-state index contributed by atoms with van der Waals surface area (Å²) in [5.41, 5.74) is 4.08. The lowest BCUT2D eigenvalue weighted by Gasteiger charge is -2.22. The Labute approximate surface area is 167 Å². The van der Waals surface area contributed by atoms with E-state index in [0.29, 0.717) is 18.7 Å². The van der Waals surface area contributed by atoms with Gasteiger partial charge in [0, 0.05) is 31.0 Å². The number of nitrogens with zero attached hydrogens (tertiary/aromatic N) is 1. The number of hydrogen-bond donors (Lipinski definition) is 2. The molecule has 1 saturated heterocycles. The maximum absolute atomic E-state index is 12.0. The first-order valence-corrected chi connectivity index (χ1v) is 10.1. The highest BCUT2D eigenvalue weighted by Gasteiger charge is 2.13. The molecule has 1 aliphatic rings. The molecule has 5 nitrogen and oxygen atoms in total. The summed E-state index contributed by atoms with van der Waals surface area (Å²) in [5, 5.41) is 5.31. The third kappa shape index (κ3) is 5.84. The number of hydrogen-bond acceptors (Lipinski definition) is 3. The smallest absolute Gasteiger partial charge is 0.313 e. The molecule has 0 bridgehead atoms. The Kier molecular flexibility index (Phi) is 7.06. The lowest BCUT2D eigenvalue weighted by Crippen LogP contribution is -2.36. The van der Waals surface area contributed by atoms with Crippen LogP contribution in [-0.4, -0.2) is 31.4 Å². The molecule has 0 radical (unpaired) electrons. The summed E-state index contributed by atoms with van der Waals surface area (Å²) >= 11 is 0. The third-order valence-electron chi connectivity index (χ3n) is 5.09. The van der Waals surface area contributed by atoms with Crippen LogP contribution in [0.2, 0.25) is 0 Å². The predicted molar refractivity (Wildman–Crippen MR) is 114 cm³/mol. The molecule has 0 aromatic heterocycles. The van der Waals surface area contributed by atoms with Gasteiger partial charge >= 0.3 is 11.8 Å². The van der Waals surface area contributed by atoms with Gasteiger partial charge in [0.05, 0.1) is 0 Å². The molecule has 0 spiro atoms. The van der Waals surface area contributed by atoms with E-state index in [4.69, 9.17) is 0 Å². The Morgan fingerprint density at radius 2 is 1.64 bits per heavy atom. The van der Waals surface area contributed by atoms with Crippen molar-refractivity contribution >= 4 is 23.2 Å². The average molecular weight is 380 g/mol. The van der Waals surface area contributed by atoms with E-state index in [1.165, 1.54) is 31.4 Å². The normalized spacial score (nSPS) is 14.2. The molecule has 2 amide bonds. The Hall–Kier alpha value is -2.82. The van der Waals surface area contributed by atoms with E-state index in [2.05, 4.69) is 39.8 Å². The van der Waals surface area contributed by atoms with Crippen molar-refractivity contribution in [1.29, 1.82) is 0 Å². The van der Waals surface area contributed by atoms with Crippen LogP contribution in [0.4, 0.5) is 11.4 Å². The van der Waals surface area contributed by atoms with E-state index in [1.807, 2.05) is 25.1 Å². The van der Waals surface area contributed by atoms with Crippen molar-refractivity contribution in [3.63, 3.8) is 0 Å². The first-order valence-electron chi connectivity index (χ1n) is 10.1. The molecule has 1 aliphatic heterocycles. The fraction of sp³-hybridized carbons (Fsp3) is 0.391. The number of carbonyl (C=O) groups excluding carboxylic acids is 2. The van der Waals surface area contributed by atoms with E-state index < -0.39 is 11.8 Å². The van der Waals surface area contributed by atoms with Crippen LogP contribution in [-0.2, 0) is 16.0 Å². The number of rotatable bonds is 5. The highest BCUT2D eigenvalue weighted by Crippen LogP contribution is 2.20. The van der Waals surface area contributed by atoms with Crippen LogP contribution in [0.25, 0.3) is 0 Å². The fourth-order valence-electron chi connectivity index (χ4n) is 3.51. The number of benzene rings is 2. The van der Waals surface area contributed by atoms with E-state index in [9.17, 15) is 9.59 Å². The van der Waals surface area contributed by atoms with Gasteiger partial charge in [-0.25, -0.2) is 0 Å². The molecule has 148 valence electrons. The summed E-state index contributed by atoms with van der Waals surface area (Å²) in [4.78, 5) is 26.4. The van der Waals surface area contributed by atoms with Crippen molar-refractivity contribution in [1.82, 2.24) is 5.32 Å². The summed E-state index contributed by atoms with van der Waals surface area (Å²) in [6.07, 6.45) is 5.87. The molecule has 1 heterocycles. The predicted octanol–water partition coefficient (Wildman–Crippen LogP) is 3.67. The molecule has 0 saturated carbocycles. The Balaban J connectivity index is 1.43. The number of nitrogens with one attached hydrogen (secondary N) is 2. The van der Waals surface area contributed by atoms with Gasteiger partial charge < -0.3 is 15.5 Å². The first kappa shape index (κ1) is 19.9. The first-order chi connectivity index (χ1) is 13.6. The topological polar surface area (TPSA) is 61.4 Å². The Morgan fingerprint density at radius 1 is 0.929 bits per heavy atom. The molecule has 2 aromatic rings. The number of amides is 2. The van der Waals surface area contributed by atoms with Crippen LogP contribution in [0.5, 0.6) is 0 Å². The van der Waals surface area contributed by atoms with Gasteiger partial charge in [-0.2, -0.15) is 0 Å². The zero-order chi connectivity index (χ0) is 19.8. The van der Waals surface area contributed by atoms with Crippen molar-refractivity contribution in [2.45, 2.75) is 39.0 Å². The lowest BCUT2D eigenvalue weighted by molar-refractivity contribution is -0.136. The zero-order valence-corrected chi connectivity index (χ0v) is 16.5. The highest BCUT2D eigenvalue weighted by atomic mass is 16.2. The number of carbonyl (C=O) groups is 2. The van der Waals surface area contributed by atoms with E-state index in [-0.39, 0.29) is 0 Å². The minimum atomic E-state index is -0.637. The molecule has 2 aromatic carbocycles. The van der Waals surface area contributed by atoms with Crippen LogP contribution in [0.3, 0.4) is 0 Å². The Morgan fingerprint density at radius 3 is 2.32 bits per heavy atom. The van der Waals surface area contributed by atoms with Crippen LogP contribution in [0, 0.1) is 6.92 Å².